The Balaban J connectivity index is 1.72. The minimum absolute atomic E-state index is 0.0616. The third-order valence-electron chi connectivity index (χ3n) is 4.35. The monoisotopic (exact) mass is 394 g/mol. The molecule has 8 heteroatoms. The van der Waals surface area contributed by atoms with Crippen LogP contribution in [0.4, 0.5) is 15.8 Å². The molecular weight excluding hydrogens is 379 g/mol. The number of aromatic nitrogens is 2. The molecule has 2 heterocycles. The predicted molar refractivity (Wildman–Crippen MR) is 109 cm³/mol. The first kappa shape index (κ1) is 17.9. The first-order valence-electron chi connectivity index (χ1n) is 8.38. The van der Waals surface area contributed by atoms with Crippen LogP contribution >= 0.6 is 11.3 Å². The van der Waals surface area contributed by atoms with Gasteiger partial charge in [-0.05, 0) is 42.1 Å². The molecule has 0 spiro atoms. The van der Waals surface area contributed by atoms with Gasteiger partial charge in [-0.2, -0.15) is 5.10 Å². The number of nitrogens with zero attached hydrogens (tertiary/aromatic N) is 1. The van der Waals surface area contributed by atoms with Gasteiger partial charge in [0.1, 0.15) is 5.69 Å². The molecule has 0 aliphatic rings. The normalized spacial score (nSPS) is 10.9. The standard InChI is InChI=1S/C20H15FN4O2S/c1-10-6-7-12(14-9-13(22)19(26)25-24-14)17(21)18(10)23-20(27)16-8-11-4-2-3-5-15(11)28-16/h2-9H,1H3,(H2,22,24)(H,23,27)(H,25,26). The molecule has 4 aromatic rings. The number of carbonyl (C=O) groups excluding carboxylic acids is 1. The Kier molecular flexibility index (Phi) is 4.40. The second-order valence-electron chi connectivity index (χ2n) is 6.26. The van der Waals surface area contributed by atoms with Crippen molar-refractivity contribution in [3.8, 4) is 11.3 Å². The Morgan fingerprint density at radius 3 is 2.75 bits per heavy atom. The topological polar surface area (TPSA) is 101 Å². The summed E-state index contributed by atoms with van der Waals surface area (Å²) in [7, 11) is 0. The van der Waals surface area contributed by atoms with Gasteiger partial charge in [-0.3, -0.25) is 9.59 Å². The lowest BCUT2D eigenvalue weighted by atomic mass is 10.1. The van der Waals surface area contributed by atoms with Gasteiger partial charge < -0.3 is 11.1 Å². The van der Waals surface area contributed by atoms with E-state index in [-0.39, 0.29) is 22.6 Å². The molecule has 0 atom stereocenters. The summed E-state index contributed by atoms with van der Waals surface area (Å²) in [5.74, 6) is -1.04. The maximum atomic E-state index is 15.1. The highest BCUT2D eigenvalue weighted by atomic mass is 32.1. The number of aromatic amines is 1. The molecule has 4 rings (SSSR count). The molecule has 0 saturated carbocycles. The summed E-state index contributed by atoms with van der Waals surface area (Å²) in [5, 5.41) is 9.68. The van der Waals surface area contributed by atoms with E-state index in [0.717, 1.165) is 10.1 Å². The Morgan fingerprint density at radius 1 is 1.21 bits per heavy atom. The van der Waals surface area contributed by atoms with E-state index in [2.05, 4.69) is 15.5 Å². The molecule has 0 aliphatic carbocycles. The van der Waals surface area contributed by atoms with Crippen molar-refractivity contribution in [1.29, 1.82) is 0 Å². The van der Waals surface area contributed by atoms with Crippen LogP contribution in [0.3, 0.4) is 0 Å². The fourth-order valence-corrected chi connectivity index (χ4v) is 3.81. The van der Waals surface area contributed by atoms with Crippen LogP contribution in [0.5, 0.6) is 0 Å². The molecule has 1 amide bonds. The number of amides is 1. The minimum atomic E-state index is -0.645. The maximum absolute atomic E-state index is 15.1. The molecule has 2 aromatic heterocycles. The second kappa shape index (κ2) is 6.90. The fourth-order valence-electron chi connectivity index (χ4n) is 2.85. The number of thiophene rings is 1. The van der Waals surface area contributed by atoms with Gasteiger partial charge in [0.15, 0.2) is 5.82 Å². The smallest absolute Gasteiger partial charge is 0.287 e. The van der Waals surface area contributed by atoms with Gasteiger partial charge in [-0.1, -0.05) is 24.3 Å². The summed E-state index contributed by atoms with van der Waals surface area (Å²) in [5.41, 5.74) is 5.90. The largest absolute Gasteiger partial charge is 0.394 e. The number of nitrogen functional groups attached to an aromatic ring is 1. The van der Waals surface area contributed by atoms with Gasteiger partial charge in [-0.15, -0.1) is 11.3 Å². The Bertz CT molecular complexity index is 1250. The van der Waals surface area contributed by atoms with Gasteiger partial charge in [-0.25, -0.2) is 9.49 Å². The number of carbonyl (C=O) groups is 1. The number of rotatable bonds is 3. The van der Waals surface area contributed by atoms with E-state index in [1.165, 1.54) is 23.5 Å². The number of halogens is 1. The lowest BCUT2D eigenvalue weighted by molar-refractivity contribution is 0.103. The molecule has 6 nitrogen and oxygen atoms in total. The zero-order valence-corrected chi connectivity index (χ0v) is 15.6. The van der Waals surface area contributed by atoms with Gasteiger partial charge in [0.2, 0.25) is 0 Å². The summed E-state index contributed by atoms with van der Waals surface area (Å²) in [6.45, 7) is 1.70. The number of H-pyrrole nitrogens is 1. The quantitative estimate of drug-likeness (QED) is 0.490. The number of nitrogens with two attached hydrogens (primary N) is 1. The summed E-state index contributed by atoms with van der Waals surface area (Å²) >= 11 is 1.34. The van der Waals surface area contributed by atoms with E-state index >= 15 is 4.39 Å². The average Bonchev–Trinajstić information content (AvgIpc) is 3.12. The highest BCUT2D eigenvalue weighted by Gasteiger charge is 2.18. The summed E-state index contributed by atoms with van der Waals surface area (Å²) < 4.78 is 16.1. The highest BCUT2D eigenvalue weighted by molar-refractivity contribution is 7.20. The van der Waals surface area contributed by atoms with E-state index < -0.39 is 17.3 Å². The summed E-state index contributed by atoms with van der Waals surface area (Å²) in [6.07, 6.45) is 0. The van der Waals surface area contributed by atoms with Crippen LogP contribution in [0.2, 0.25) is 0 Å². The van der Waals surface area contributed by atoms with Crippen molar-refractivity contribution in [3.63, 3.8) is 0 Å². The third-order valence-corrected chi connectivity index (χ3v) is 5.46. The second-order valence-corrected chi connectivity index (χ2v) is 7.34. The van der Waals surface area contributed by atoms with Gasteiger partial charge in [0.25, 0.3) is 11.5 Å². The SMILES string of the molecule is Cc1ccc(-c2cc(N)c(=O)[nH]n2)c(F)c1NC(=O)c1cc2ccccc2s1. The van der Waals surface area contributed by atoms with Crippen LogP contribution in [0.15, 0.2) is 53.3 Å². The van der Waals surface area contributed by atoms with Gasteiger partial charge in [0, 0.05) is 10.3 Å². The molecular formula is C20H15FN4O2S. The van der Waals surface area contributed by atoms with Crippen LogP contribution in [0, 0.1) is 12.7 Å². The number of hydrogen-bond donors (Lipinski definition) is 3. The summed E-state index contributed by atoms with van der Waals surface area (Å²) in [4.78, 5) is 24.6. The Hall–Kier alpha value is -3.52. The minimum Gasteiger partial charge on any atom is -0.394 e. The lowest BCUT2D eigenvalue weighted by Gasteiger charge is -2.12. The van der Waals surface area contributed by atoms with Crippen molar-refractivity contribution in [2.75, 3.05) is 11.1 Å². The predicted octanol–water partition coefficient (Wildman–Crippen LogP) is 3.93. The van der Waals surface area contributed by atoms with Crippen molar-refractivity contribution in [2.24, 2.45) is 0 Å². The molecule has 0 saturated heterocycles. The van der Waals surface area contributed by atoms with Crippen LogP contribution in [0.1, 0.15) is 15.2 Å². The van der Waals surface area contributed by atoms with E-state index in [4.69, 9.17) is 5.73 Å². The number of hydrogen-bond acceptors (Lipinski definition) is 5. The van der Waals surface area contributed by atoms with Crippen molar-refractivity contribution in [3.05, 3.63) is 75.1 Å². The number of anilines is 2. The van der Waals surface area contributed by atoms with E-state index in [1.54, 1.807) is 19.1 Å². The lowest BCUT2D eigenvalue weighted by Crippen LogP contribution is -2.15. The molecule has 28 heavy (non-hydrogen) atoms. The zero-order valence-electron chi connectivity index (χ0n) is 14.7. The van der Waals surface area contributed by atoms with E-state index in [0.29, 0.717) is 10.4 Å². The van der Waals surface area contributed by atoms with E-state index in [9.17, 15) is 9.59 Å². The van der Waals surface area contributed by atoms with Crippen molar-refractivity contribution < 1.29 is 9.18 Å². The van der Waals surface area contributed by atoms with Crippen molar-refractivity contribution in [1.82, 2.24) is 10.2 Å². The molecule has 0 radical (unpaired) electrons. The molecule has 4 N–H and O–H groups in total. The molecule has 0 bridgehead atoms. The van der Waals surface area contributed by atoms with Crippen LogP contribution < -0.4 is 16.6 Å². The van der Waals surface area contributed by atoms with Crippen molar-refractivity contribution in [2.45, 2.75) is 6.92 Å². The summed E-state index contributed by atoms with van der Waals surface area (Å²) in [6, 6.07) is 13.9. The van der Waals surface area contributed by atoms with Crippen molar-refractivity contribution >= 4 is 38.7 Å². The first-order valence-corrected chi connectivity index (χ1v) is 9.20. The number of nitrogens with one attached hydrogen (secondary N) is 2. The van der Waals surface area contributed by atoms with Gasteiger partial charge in [0.05, 0.1) is 16.3 Å². The molecule has 0 unspecified atom stereocenters. The number of fused-ring (bicyclic) bond motifs is 1. The van der Waals surface area contributed by atoms with Crippen LogP contribution in [-0.4, -0.2) is 16.1 Å². The molecule has 0 fully saturated rings. The van der Waals surface area contributed by atoms with Crippen LogP contribution in [0.25, 0.3) is 21.3 Å². The molecule has 140 valence electrons. The number of aryl methyl sites for hydroxylation is 1. The van der Waals surface area contributed by atoms with Gasteiger partial charge >= 0.3 is 0 Å². The maximum Gasteiger partial charge on any atom is 0.287 e. The Labute approximate surface area is 162 Å². The number of benzene rings is 2. The third kappa shape index (κ3) is 3.14. The first-order chi connectivity index (χ1) is 13.4. The highest BCUT2D eigenvalue weighted by Crippen LogP contribution is 2.31. The van der Waals surface area contributed by atoms with E-state index in [1.807, 2.05) is 24.3 Å². The molecule has 0 aliphatic heterocycles. The Morgan fingerprint density at radius 2 is 2.00 bits per heavy atom. The average molecular weight is 394 g/mol. The van der Waals surface area contributed by atoms with Crippen LogP contribution in [-0.2, 0) is 0 Å². The zero-order chi connectivity index (χ0) is 19.8. The fraction of sp³-hybridized carbons (Fsp3) is 0.0500. The molecule has 2 aromatic carbocycles.